The van der Waals surface area contributed by atoms with Crippen LogP contribution in [0.25, 0.3) is 0 Å². The molecule has 1 amide bonds. The van der Waals surface area contributed by atoms with E-state index in [2.05, 4.69) is 14.9 Å². The average molecular weight is 262 g/mol. The Balaban J connectivity index is 2.58. The van der Waals surface area contributed by atoms with Gasteiger partial charge in [0.1, 0.15) is 4.88 Å². The summed E-state index contributed by atoms with van der Waals surface area (Å²) in [4.78, 5) is 12.5. The predicted molar refractivity (Wildman–Crippen MR) is 66.1 cm³/mol. The van der Waals surface area contributed by atoms with Crippen LogP contribution in [0.5, 0.6) is 0 Å². The SMILES string of the molecule is CCc1nnsc1C(=O)NC(C)CC(C)Cl. The summed E-state index contributed by atoms with van der Waals surface area (Å²) in [7, 11) is 0. The number of rotatable bonds is 5. The third-order valence-electron chi connectivity index (χ3n) is 2.15. The van der Waals surface area contributed by atoms with E-state index in [1.54, 1.807) is 0 Å². The van der Waals surface area contributed by atoms with Gasteiger partial charge in [0.2, 0.25) is 0 Å². The highest BCUT2D eigenvalue weighted by Gasteiger charge is 2.17. The lowest BCUT2D eigenvalue weighted by Gasteiger charge is -2.14. The minimum atomic E-state index is -0.100. The van der Waals surface area contributed by atoms with E-state index in [1.807, 2.05) is 20.8 Å². The molecule has 0 aromatic carbocycles. The van der Waals surface area contributed by atoms with Crippen molar-refractivity contribution in [2.24, 2.45) is 0 Å². The summed E-state index contributed by atoms with van der Waals surface area (Å²) < 4.78 is 3.79. The van der Waals surface area contributed by atoms with E-state index < -0.39 is 0 Å². The fourth-order valence-corrected chi connectivity index (χ4v) is 2.37. The smallest absolute Gasteiger partial charge is 0.265 e. The predicted octanol–water partition coefficient (Wildman–Crippen LogP) is 2.24. The summed E-state index contributed by atoms with van der Waals surface area (Å²) in [5.41, 5.74) is 0.758. The van der Waals surface area contributed by atoms with Crippen molar-refractivity contribution in [1.29, 1.82) is 0 Å². The fraction of sp³-hybridized carbons (Fsp3) is 0.700. The maximum atomic E-state index is 11.9. The maximum absolute atomic E-state index is 11.9. The zero-order valence-corrected chi connectivity index (χ0v) is 11.2. The van der Waals surface area contributed by atoms with Gasteiger partial charge in [0, 0.05) is 11.4 Å². The van der Waals surface area contributed by atoms with Crippen molar-refractivity contribution in [3.8, 4) is 0 Å². The molecule has 1 rings (SSSR count). The van der Waals surface area contributed by atoms with Crippen LogP contribution >= 0.6 is 23.1 Å². The summed E-state index contributed by atoms with van der Waals surface area (Å²) in [6, 6.07) is 0.0619. The van der Waals surface area contributed by atoms with Crippen LogP contribution in [0.1, 0.15) is 42.6 Å². The molecule has 2 atom stereocenters. The Labute approximate surface area is 105 Å². The minimum absolute atomic E-state index is 0.0560. The number of carbonyl (C=O) groups excluding carboxylic acids is 1. The van der Waals surface area contributed by atoms with Gasteiger partial charge >= 0.3 is 0 Å². The Bertz CT molecular complexity index is 354. The Morgan fingerprint density at radius 2 is 2.25 bits per heavy atom. The molecular weight excluding hydrogens is 246 g/mol. The van der Waals surface area contributed by atoms with E-state index >= 15 is 0 Å². The molecule has 0 saturated carbocycles. The van der Waals surface area contributed by atoms with E-state index in [-0.39, 0.29) is 17.3 Å². The Morgan fingerprint density at radius 3 is 2.81 bits per heavy atom. The quantitative estimate of drug-likeness (QED) is 0.827. The molecule has 0 radical (unpaired) electrons. The summed E-state index contributed by atoms with van der Waals surface area (Å²) >= 11 is 7.00. The molecule has 90 valence electrons. The Kier molecular flexibility index (Phi) is 5.15. The summed E-state index contributed by atoms with van der Waals surface area (Å²) in [5, 5.41) is 6.86. The van der Waals surface area contributed by atoms with Crippen molar-refractivity contribution in [3.63, 3.8) is 0 Å². The lowest BCUT2D eigenvalue weighted by molar-refractivity contribution is 0.0941. The molecule has 4 nitrogen and oxygen atoms in total. The highest BCUT2D eigenvalue weighted by molar-refractivity contribution is 7.08. The molecule has 0 aliphatic rings. The third-order valence-corrected chi connectivity index (χ3v) is 3.10. The molecule has 0 spiro atoms. The summed E-state index contributed by atoms with van der Waals surface area (Å²) in [5.74, 6) is -0.100. The molecule has 1 N–H and O–H groups in total. The highest BCUT2D eigenvalue weighted by atomic mass is 35.5. The van der Waals surface area contributed by atoms with Gasteiger partial charge in [0.15, 0.2) is 0 Å². The molecule has 0 saturated heterocycles. The van der Waals surface area contributed by atoms with Crippen LogP contribution in [0.2, 0.25) is 0 Å². The van der Waals surface area contributed by atoms with Gasteiger partial charge in [0.25, 0.3) is 5.91 Å². The number of aromatic nitrogens is 2. The van der Waals surface area contributed by atoms with Crippen LogP contribution in [-0.4, -0.2) is 26.9 Å². The van der Waals surface area contributed by atoms with Crippen molar-refractivity contribution in [3.05, 3.63) is 10.6 Å². The van der Waals surface area contributed by atoms with E-state index in [1.165, 1.54) is 0 Å². The van der Waals surface area contributed by atoms with E-state index in [0.29, 0.717) is 4.88 Å². The lowest BCUT2D eigenvalue weighted by atomic mass is 10.2. The zero-order chi connectivity index (χ0) is 12.1. The monoisotopic (exact) mass is 261 g/mol. The van der Waals surface area contributed by atoms with Gasteiger partial charge in [-0.3, -0.25) is 4.79 Å². The number of hydrogen-bond donors (Lipinski definition) is 1. The van der Waals surface area contributed by atoms with Gasteiger partial charge in [-0.05, 0) is 38.2 Å². The second-order valence-corrected chi connectivity index (χ2v) is 5.29. The van der Waals surface area contributed by atoms with Crippen molar-refractivity contribution >= 4 is 29.0 Å². The Morgan fingerprint density at radius 1 is 1.56 bits per heavy atom. The zero-order valence-electron chi connectivity index (χ0n) is 9.66. The largest absolute Gasteiger partial charge is 0.349 e. The second-order valence-electron chi connectivity index (χ2n) is 3.79. The van der Waals surface area contributed by atoms with Gasteiger partial charge in [-0.1, -0.05) is 11.4 Å². The third kappa shape index (κ3) is 3.72. The van der Waals surface area contributed by atoms with Crippen molar-refractivity contribution in [1.82, 2.24) is 14.9 Å². The number of alkyl halides is 1. The molecule has 1 aromatic rings. The molecule has 1 heterocycles. The summed E-state index contributed by atoms with van der Waals surface area (Å²) in [6.45, 7) is 5.81. The van der Waals surface area contributed by atoms with Gasteiger partial charge < -0.3 is 5.32 Å². The van der Waals surface area contributed by atoms with Gasteiger partial charge in [-0.2, -0.15) is 0 Å². The van der Waals surface area contributed by atoms with Gasteiger partial charge in [-0.25, -0.2) is 0 Å². The normalized spacial score (nSPS) is 14.5. The maximum Gasteiger partial charge on any atom is 0.265 e. The van der Waals surface area contributed by atoms with Gasteiger partial charge in [-0.15, -0.1) is 16.7 Å². The fourth-order valence-electron chi connectivity index (χ4n) is 1.45. The topological polar surface area (TPSA) is 54.9 Å². The van der Waals surface area contributed by atoms with Crippen molar-refractivity contribution in [2.75, 3.05) is 0 Å². The van der Waals surface area contributed by atoms with Crippen LogP contribution in [0.3, 0.4) is 0 Å². The standard InChI is InChI=1S/C10H16ClN3OS/c1-4-8-9(16-14-13-8)10(15)12-7(3)5-6(2)11/h6-7H,4-5H2,1-3H3,(H,12,15). The van der Waals surface area contributed by atoms with Crippen LogP contribution in [-0.2, 0) is 6.42 Å². The Hall–Kier alpha value is -0.680. The number of halogens is 1. The number of amides is 1. The lowest BCUT2D eigenvalue weighted by Crippen LogP contribution is -2.33. The molecular formula is C10H16ClN3OS. The first-order chi connectivity index (χ1) is 7.54. The number of carbonyl (C=O) groups is 1. The molecule has 2 unspecified atom stereocenters. The first kappa shape index (κ1) is 13.4. The first-order valence-electron chi connectivity index (χ1n) is 5.30. The van der Waals surface area contributed by atoms with E-state index in [0.717, 1.165) is 30.1 Å². The van der Waals surface area contributed by atoms with Gasteiger partial charge in [0.05, 0.1) is 5.69 Å². The molecule has 0 aliphatic carbocycles. The first-order valence-corrected chi connectivity index (χ1v) is 6.51. The van der Waals surface area contributed by atoms with Crippen LogP contribution < -0.4 is 5.32 Å². The average Bonchev–Trinajstić information content (AvgIpc) is 2.63. The second kappa shape index (κ2) is 6.15. The van der Waals surface area contributed by atoms with E-state index in [9.17, 15) is 4.79 Å². The summed E-state index contributed by atoms with van der Waals surface area (Å²) in [6.07, 6.45) is 1.47. The number of hydrogen-bond acceptors (Lipinski definition) is 4. The molecule has 1 aromatic heterocycles. The molecule has 0 fully saturated rings. The van der Waals surface area contributed by atoms with E-state index in [4.69, 9.17) is 11.6 Å². The van der Waals surface area contributed by atoms with Crippen LogP contribution in [0.4, 0.5) is 0 Å². The van der Waals surface area contributed by atoms with Crippen molar-refractivity contribution in [2.45, 2.75) is 45.0 Å². The molecule has 16 heavy (non-hydrogen) atoms. The van der Waals surface area contributed by atoms with Crippen molar-refractivity contribution < 1.29 is 4.79 Å². The number of nitrogens with zero attached hydrogens (tertiary/aromatic N) is 2. The highest BCUT2D eigenvalue weighted by Crippen LogP contribution is 2.12. The molecule has 0 bridgehead atoms. The molecule has 6 heteroatoms. The van der Waals surface area contributed by atoms with Crippen LogP contribution in [0, 0.1) is 0 Å². The number of aryl methyl sites for hydroxylation is 1. The molecule has 0 aliphatic heterocycles. The van der Waals surface area contributed by atoms with Crippen LogP contribution in [0.15, 0.2) is 0 Å². The number of nitrogens with one attached hydrogen (secondary N) is 1. The minimum Gasteiger partial charge on any atom is -0.349 e.